The third-order valence-electron chi connectivity index (χ3n) is 4.27. The van der Waals surface area contributed by atoms with E-state index in [1.165, 1.54) is 5.69 Å². The van der Waals surface area contributed by atoms with Gasteiger partial charge in [0.05, 0.1) is 0 Å². The Kier molecular flexibility index (Phi) is 1.75. The van der Waals surface area contributed by atoms with Crippen molar-refractivity contribution in [1.82, 2.24) is 0 Å². The normalized spacial score (nSPS) is 23.1. The van der Waals surface area contributed by atoms with Crippen LogP contribution in [0.25, 0.3) is 0 Å². The second kappa shape index (κ2) is 2.64. The van der Waals surface area contributed by atoms with Gasteiger partial charge in [-0.2, -0.15) is 0 Å². The number of rotatable bonds is 1. The van der Waals surface area contributed by atoms with Gasteiger partial charge in [-0.15, -0.1) is 0 Å². The van der Waals surface area contributed by atoms with Crippen LogP contribution in [0.5, 0.6) is 0 Å². The third-order valence-corrected chi connectivity index (χ3v) is 7.92. The van der Waals surface area contributed by atoms with E-state index in [0.717, 1.165) is 0 Å². The van der Waals surface area contributed by atoms with Gasteiger partial charge in [0.1, 0.15) is 0 Å². The molecule has 0 radical (unpaired) electrons. The zero-order chi connectivity index (χ0) is 11.9. The van der Waals surface area contributed by atoms with Crippen molar-refractivity contribution in [3.05, 3.63) is 23.3 Å². The molecule has 3 rings (SSSR count). The van der Waals surface area contributed by atoms with Crippen LogP contribution in [0.4, 0.5) is 5.69 Å². The summed E-state index contributed by atoms with van der Waals surface area (Å²) in [5.74, 6) is 0. The lowest BCUT2D eigenvalue weighted by Crippen LogP contribution is -2.55. The van der Waals surface area contributed by atoms with Crippen molar-refractivity contribution in [3.8, 4) is 0 Å². The predicted molar refractivity (Wildman–Crippen MR) is 73.4 cm³/mol. The molecule has 1 aromatic carbocycles. The van der Waals surface area contributed by atoms with Gasteiger partial charge in [-0.05, 0) is 28.6 Å². The molecule has 2 heterocycles. The quantitative estimate of drug-likeness (QED) is 0.672. The van der Waals surface area contributed by atoms with Crippen molar-refractivity contribution in [1.29, 1.82) is 0 Å². The Bertz CT molecular complexity index is 449. The van der Waals surface area contributed by atoms with Gasteiger partial charge >= 0.3 is 0 Å². The second-order valence-corrected chi connectivity index (χ2v) is 9.59. The molecule has 0 N–H and O–H groups in total. The number of benzene rings is 1. The molecule has 0 aliphatic carbocycles. The molecule has 0 bridgehead atoms. The first-order valence-corrected chi connectivity index (χ1v) is 7.29. The van der Waals surface area contributed by atoms with Crippen LogP contribution >= 0.6 is 7.92 Å². The van der Waals surface area contributed by atoms with Crippen LogP contribution in [0.15, 0.2) is 12.1 Å². The van der Waals surface area contributed by atoms with E-state index in [1.54, 1.807) is 16.4 Å². The Morgan fingerprint density at radius 1 is 0.938 bits per heavy atom. The van der Waals surface area contributed by atoms with Crippen LogP contribution in [0.3, 0.4) is 0 Å². The molecule has 1 nitrogen and oxygen atoms in total. The average molecular weight is 233 g/mol. The van der Waals surface area contributed by atoms with Crippen molar-refractivity contribution in [2.75, 3.05) is 19.0 Å². The van der Waals surface area contributed by atoms with E-state index in [-0.39, 0.29) is 7.92 Å². The van der Waals surface area contributed by atoms with Crippen LogP contribution < -0.4 is 10.2 Å². The standard InChI is InChI=1S/C14H20NP/c1-13(2)10-7-9(15(5)6)8-11-12(10)16(13)14(11,3)4/h7-8H,1-6H3. The third kappa shape index (κ3) is 0.926. The number of nitrogens with zero attached hydrogens (tertiary/aromatic N) is 1. The summed E-state index contributed by atoms with van der Waals surface area (Å²) in [5.41, 5.74) is 4.59. The Labute approximate surface area is 99.6 Å². The van der Waals surface area contributed by atoms with E-state index < -0.39 is 0 Å². The highest BCUT2D eigenvalue weighted by atomic mass is 31.1. The lowest BCUT2D eigenvalue weighted by atomic mass is 9.89. The number of hydrogen-bond acceptors (Lipinski definition) is 1. The maximum absolute atomic E-state index is 2.42. The van der Waals surface area contributed by atoms with Crippen LogP contribution in [0.1, 0.15) is 38.8 Å². The molecule has 1 aromatic rings. The summed E-state index contributed by atoms with van der Waals surface area (Å²) in [6, 6.07) is 4.79. The minimum Gasteiger partial charge on any atom is -0.378 e. The largest absolute Gasteiger partial charge is 0.378 e. The molecule has 16 heavy (non-hydrogen) atoms. The summed E-state index contributed by atoms with van der Waals surface area (Å²) in [5, 5.41) is 2.59. The van der Waals surface area contributed by atoms with Crippen LogP contribution in [0, 0.1) is 0 Å². The molecule has 0 spiro atoms. The van der Waals surface area contributed by atoms with Gasteiger partial charge in [0.15, 0.2) is 0 Å². The van der Waals surface area contributed by atoms with Gasteiger partial charge < -0.3 is 4.90 Å². The summed E-state index contributed by atoms with van der Waals surface area (Å²) in [6.07, 6.45) is 0. The van der Waals surface area contributed by atoms with Gasteiger partial charge in [0, 0.05) is 30.1 Å². The molecule has 2 heteroatoms. The monoisotopic (exact) mass is 233 g/mol. The molecule has 2 aliphatic rings. The molecule has 0 aromatic heterocycles. The molecule has 0 saturated heterocycles. The maximum Gasteiger partial charge on any atom is 0.0367 e. The van der Waals surface area contributed by atoms with Gasteiger partial charge in [0.2, 0.25) is 0 Å². The van der Waals surface area contributed by atoms with Crippen LogP contribution in [-0.4, -0.2) is 14.1 Å². The topological polar surface area (TPSA) is 3.24 Å². The summed E-state index contributed by atoms with van der Waals surface area (Å²) in [7, 11) is 4.36. The summed E-state index contributed by atoms with van der Waals surface area (Å²) in [4.78, 5) is 2.22. The maximum atomic E-state index is 2.42. The minimum absolute atomic E-state index is 0.0918. The Hall–Kier alpha value is -0.550. The van der Waals surface area contributed by atoms with Gasteiger partial charge in [-0.1, -0.05) is 35.6 Å². The van der Waals surface area contributed by atoms with E-state index in [1.807, 2.05) is 0 Å². The van der Waals surface area contributed by atoms with Gasteiger partial charge in [-0.3, -0.25) is 0 Å². The van der Waals surface area contributed by atoms with Crippen LogP contribution in [-0.2, 0) is 10.3 Å². The first kappa shape index (κ1) is 10.6. The van der Waals surface area contributed by atoms with Crippen molar-refractivity contribution in [2.45, 2.75) is 38.0 Å². The summed E-state index contributed by atoms with van der Waals surface area (Å²) >= 11 is 0. The minimum atomic E-state index is 0.0918. The Balaban J connectivity index is 2.25. The highest BCUT2D eigenvalue weighted by Gasteiger charge is 2.61. The molecule has 86 valence electrons. The SMILES string of the molecule is CN(C)c1cc2c3c(c1)C(C)(C)P3C2(C)C. The van der Waals surface area contributed by atoms with Crippen molar-refractivity contribution in [2.24, 2.45) is 0 Å². The summed E-state index contributed by atoms with van der Waals surface area (Å²) < 4.78 is 0. The fraction of sp³-hybridized carbons (Fsp3) is 0.571. The molecular weight excluding hydrogens is 213 g/mol. The van der Waals surface area contributed by atoms with E-state index >= 15 is 0 Å². The number of hydrogen-bond donors (Lipinski definition) is 0. The lowest BCUT2D eigenvalue weighted by Gasteiger charge is -2.64. The van der Waals surface area contributed by atoms with E-state index in [0.29, 0.717) is 10.3 Å². The molecule has 0 fully saturated rings. The van der Waals surface area contributed by atoms with Crippen LogP contribution in [0.2, 0.25) is 0 Å². The first-order valence-electron chi connectivity index (χ1n) is 5.94. The van der Waals surface area contributed by atoms with Gasteiger partial charge in [0.25, 0.3) is 0 Å². The van der Waals surface area contributed by atoms with Gasteiger partial charge in [-0.25, -0.2) is 0 Å². The average Bonchev–Trinajstić information content (AvgIpc) is 2.14. The highest BCUT2D eigenvalue weighted by molar-refractivity contribution is 7.72. The summed E-state index contributed by atoms with van der Waals surface area (Å²) in [6.45, 7) is 9.69. The first-order chi connectivity index (χ1) is 7.28. The Morgan fingerprint density at radius 2 is 1.38 bits per heavy atom. The molecule has 0 atom stereocenters. The van der Waals surface area contributed by atoms with E-state index in [4.69, 9.17) is 0 Å². The predicted octanol–water partition coefficient (Wildman–Crippen LogP) is 3.36. The smallest absolute Gasteiger partial charge is 0.0367 e. The van der Waals surface area contributed by atoms with E-state index in [9.17, 15) is 0 Å². The zero-order valence-corrected chi connectivity index (χ0v) is 11.9. The Morgan fingerprint density at radius 3 is 1.75 bits per heavy atom. The van der Waals surface area contributed by atoms with Crippen molar-refractivity contribution < 1.29 is 0 Å². The molecule has 0 saturated carbocycles. The fourth-order valence-electron chi connectivity index (χ4n) is 3.44. The zero-order valence-electron chi connectivity index (χ0n) is 11.0. The molecular formula is C14H20NP. The molecule has 0 unspecified atom stereocenters. The molecule has 0 amide bonds. The second-order valence-electron chi connectivity index (χ2n) is 6.24. The van der Waals surface area contributed by atoms with Crippen molar-refractivity contribution >= 4 is 18.9 Å². The highest BCUT2D eigenvalue weighted by Crippen LogP contribution is 2.80. The van der Waals surface area contributed by atoms with E-state index in [2.05, 4.69) is 58.8 Å². The fourth-order valence-corrected chi connectivity index (χ4v) is 7.63. The lowest BCUT2D eigenvalue weighted by molar-refractivity contribution is 0.635. The molecule has 2 aliphatic heterocycles. The number of anilines is 1. The van der Waals surface area contributed by atoms with Crippen molar-refractivity contribution in [3.63, 3.8) is 0 Å².